The van der Waals surface area contributed by atoms with Gasteiger partial charge in [0.1, 0.15) is 11.5 Å². The molecular weight excluding hydrogens is 364 g/mol. The average molecular weight is 389 g/mol. The smallest absolute Gasteiger partial charge is 0.387 e. The Morgan fingerprint density at radius 2 is 1.89 bits per heavy atom. The molecule has 1 fully saturated rings. The van der Waals surface area contributed by atoms with Crippen LogP contribution in [0.3, 0.4) is 0 Å². The predicted octanol–water partition coefficient (Wildman–Crippen LogP) is 4.86. The first-order valence-electron chi connectivity index (χ1n) is 9.65. The first-order chi connectivity index (χ1) is 13.6. The number of para-hydroxylation sites is 1. The third-order valence-electron chi connectivity index (χ3n) is 4.81. The molecule has 1 amide bonds. The number of carbonyl (C=O) groups is 1. The molecule has 1 aliphatic carbocycles. The molecule has 1 saturated carbocycles. The SMILES string of the molecule is O=C(CCc1cccc(OC2CCCC2)c1)NCc1ccccc1OC(F)F. The lowest BCUT2D eigenvalue weighted by Crippen LogP contribution is -2.23. The number of aryl methyl sites for hydroxylation is 1. The maximum Gasteiger partial charge on any atom is 0.387 e. The van der Waals surface area contributed by atoms with Crippen molar-refractivity contribution in [2.24, 2.45) is 0 Å². The summed E-state index contributed by atoms with van der Waals surface area (Å²) in [7, 11) is 0. The Hall–Kier alpha value is -2.63. The molecule has 1 N–H and O–H groups in total. The number of nitrogens with one attached hydrogen (secondary N) is 1. The Morgan fingerprint density at radius 1 is 1.11 bits per heavy atom. The fourth-order valence-corrected chi connectivity index (χ4v) is 3.37. The van der Waals surface area contributed by atoms with Gasteiger partial charge in [0.2, 0.25) is 5.91 Å². The molecule has 1 aliphatic rings. The first-order valence-corrected chi connectivity index (χ1v) is 9.65. The average Bonchev–Trinajstić information content (AvgIpc) is 3.18. The zero-order valence-electron chi connectivity index (χ0n) is 15.7. The summed E-state index contributed by atoms with van der Waals surface area (Å²) in [6, 6.07) is 14.3. The highest BCUT2D eigenvalue weighted by molar-refractivity contribution is 5.76. The second-order valence-corrected chi connectivity index (χ2v) is 6.93. The van der Waals surface area contributed by atoms with E-state index in [2.05, 4.69) is 10.1 Å². The number of benzene rings is 2. The van der Waals surface area contributed by atoms with E-state index in [0.717, 1.165) is 24.2 Å². The second-order valence-electron chi connectivity index (χ2n) is 6.93. The van der Waals surface area contributed by atoms with E-state index in [1.165, 1.54) is 18.9 Å². The van der Waals surface area contributed by atoms with Crippen molar-refractivity contribution in [3.63, 3.8) is 0 Å². The number of halogens is 2. The van der Waals surface area contributed by atoms with Crippen molar-refractivity contribution in [2.75, 3.05) is 0 Å². The zero-order valence-corrected chi connectivity index (χ0v) is 15.7. The Kier molecular flexibility index (Phi) is 7.23. The molecule has 0 unspecified atom stereocenters. The molecule has 6 heteroatoms. The summed E-state index contributed by atoms with van der Waals surface area (Å²) in [4.78, 5) is 12.2. The quantitative estimate of drug-likeness (QED) is 0.666. The highest BCUT2D eigenvalue weighted by Gasteiger charge is 2.16. The van der Waals surface area contributed by atoms with Gasteiger partial charge in [-0.25, -0.2) is 0 Å². The lowest BCUT2D eigenvalue weighted by molar-refractivity contribution is -0.121. The molecule has 28 heavy (non-hydrogen) atoms. The van der Waals surface area contributed by atoms with Gasteiger partial charge in [-0.2, -0.15) is 8.78 Å². The summed E-state index contributed by atoms with van der Waals surface area (Å²) in [5, 5.41) is 2.76. The number of hydrogen-bond donors (Lipinski definition) is 1. The van der Waals surface area contributed by atoms with Crippen molar-refractivity contribution in [1.82, 2.24) is 5.32 Å². The van der Waals surface area contributed by atoms with Gasteiger partial charge in [0.15, 0.2) is 0 Å². The molecule has 3 rings (SSSR count). The third kappa shape index (κ3) is 6.22. The van der Waals surface area contributed by atoms with E-state index in [1.54, 1.807) is 18.2 Å². The van der Waals surface area contributed by atoms with E-state index in [-0.39, 0.29) is 18.2 Å². The van der Waals surface area contributed by atoms with Crippen LogP contribution in [-0.2, 0) is 17.8 Å². The maximum atomic E-state index is 12.4. The van der Waals surface area contributed by atoms with Crippen molar-refractivity contribution < 1.29 is 23.0 Å². The molecule has 2 aromatic carbocycles. The summed E-state index contributed by atoms with van der Waals surface area (Å²) >= 11 is 0. The number of rotatable bonds is 9. The van der Waals surface area contributed by atoms with Gasteiger partial charge in [0, 0.05) is 18.5 Å². The topological polar surface area (TPSA) is 47.6 Å². The van der Waals surface area contributed by atoms with E-state index < -0.39 is 6.61 Å². The van der Waals surface area contributed by atoms with Gasteiger partial charge in [-0.3, -0.25) is 4.79 Å². The molecule has 2 aromatic rings. The van der Waals surface area contributed by atoms with Gasteiger partial charge < -0.3 is 14.8 Å². The Balaban J connectivity index is 1.47. The lowest BCUT2D eigenvalue weighted by Gasteiger charge is -2.14. The van der Waals surface area contributed by atoms with Gasteiger partial charge in [-0.15, -0.1) is 0 Å². The third-order valence-corrected chi connectivity index (χ3v) is 4.81. The minimum atomic E-state index is -2.89. The molecule has 0 aromatic heterocycles. The number of ether oxygens (including phenoxy) is 2. The number of hydrogen-bond acceptors (Lipinski definition) is 3. The Labute approximate surface area is 163 Å². The molecule has 0 bridgehead atoms. The number of amides is 1. The first kappa shape index (κ1) is 20.1. The summed E-state index contributed by atoms with van der Waals surface area (Å²) in [6.07, 6.45) is 5.83. The van der Waals surface area contributed by atoms with Gasteiger partial charge in [0.25, 0.3) is 0 Å². The molecule has 0 spiro atoms. The Bertz CT molecular complexity index is 776. The van der Waals surface area contributed by atoms with Gasteiger partial charge >= 0.3 is 6.61 Å². The van der Waals surface area contributed by atoms with E-state index in [4.69, 9.17) is 4.74 Å². The van der Waals surface area contributed by atoms with Crippen LogP contribution in [0.5, 0.6) is 11.5 Å². The molecule has 0 radical (unpaired) electrons. The van der Waals surface area contributed by atoms with Crippen LogP contribution < -0.4 is 14.8 Å². The fourth-order valence-electron chi connectivity index (χ4n) is 3.37. The van der Waals surface area contributed by atoms with Gasteiger partial charge in [-0.1, -0.05) is 30.3 Å². The molecular formula is C22H25F2NO3. The lowest BCUT2D eigenvalue weighted by atomic mass is 10.1. The van der Waals surface area contributed by atoms with Crippen LogP contribution in [0.4, 0.5) is 8.78 Å². The van der Waals surface area contributed by atoms with E-state index in [9.17, 15) is 13.6 Å². The number of carbonyl (C=O) groups excluding carboxylic acids is 1. The highest BCUT2D eigenvalue weighted by Crippen LogP contribution is 2.25. The highest BCUT2D eigenvalue weighted by atomic mass is 19.3. The molecule has 0 saturated heterocycles. The van der Waals surface area contributed by atoms with Crippen molar-refractivity contribution in [3.05, 3.63) is 59.7 Å². The van der Waals surface area contributed by atoms with Crippen LogP contribution in [-0.4, -0.2) is 18.6 Å². The molecule has 0 aliphatic heterocycles. The molecule has 150 valence electrons. The maximum absolute atomic E-state index is 12.4. The molecule has 0 heterocycles. The van der Waals surface area contributed by atoms with Crippen LogP contribution in [0, 0.1) is 0 Å². The van der Waals surface area contributed by atoms with Gasteiger partial charge in [0.05, 0.1) is 6.10 Å². The van der Waals surface area contributed by atoms with Crippen LogP contribution in [0.25, 0.3) is 0 Å². The second kappa shape index (κ2) is 10.1. The largest absolute Gasteiger partial charge is 0.490 e. The standard InChI is InChI=1S/C22H25F2NO3/c23-22(24)28-20-11-4-1-7-17(20)15-25-21(26)13-12-16-6-5-10-19(14-16)27-18-8-2-3-9-18/h1,4-7,10-11,14,18,22H,2-3,8-9,12-13,15H2,(H,25,26). The fraction of sp³-hybridized carbons (Fsp3) is 0.409. The van der Waals surface area contributed by atoms with E-state index in [0.29, 0.717) is 24.5 Å². The normalized spacial score (nSPS) is 14.2. The van der Waals surface area contributed by atoms with Crippen molar-refractivity contribution in [2.45, 2.75) is 57.8 Å². The predicted molar refractivity (Wildman–Crippen MR) is 103 cm³/mol. The minimum absolute atomic E-state index is 0.0783. The summed E-state index contributed by atoms with van der Waals surface area (Å²) in [5.41, 5.74) is 1.55. The molecule has 4 nitrogen and oxygen atoms in total. The van der Waals surface area contributed by atoms with Gasteiger partial charge in [-0.05, 0) is 55.9 Å². The monoisotopic (exact) mass is 389 g/mol. The van der Waals surface area contributed by atoms with Crippen molar-refractivity contribution in [1.29, 1.82) is 0 Å². The Morgan fingerprint density at radius 3 is 2.68 bits per heavy atom. The van der Waals surface area contributed by atoms with E-state index >= 15 is 0 Å². The summed E-state index contributed by atoms with van der Waals surface area (Å²) in [6.45, 7) is -2.75. The minimum Gasteiger partial charge on any atom is -0.490 e. The van der Waals surface area contributed by atoms with Crippen LogP contribution >= 0.6 is 0 Å². The zero-order chi connectivity index (χ0) is 19.8. The van der Waals surface area contributed by atoms with Crippen molar-refractivity contribution in [3.8, 4) is 11.5 Å². The summed E-state index contributed by atoms with van der Waals surface area (Å²) in [5.74, 6) is 0.784. The number of alkyl halides is 2. The molecule has 0 atom stereocenters. The van der Waals surface area contributed by atoms with Crippen LogP contribution in [0.2, 0.25) is 0 Å². The van der Waals surface area contributed by atoms with Crippen LogP contribution in [0.15, 0.2) is 48.5 Å². The summed E-state index contributed by atoms with van der Waals surface area (Å²) < 4.78 is 35.4. The van der Waals surface area contributed by atoms with Crippen LogP contribution in [0.1, 0.15) is 43.2 Å². The van der Waals surface area contributed by atoms with Crippen molar-refractivity contribution >= 4 is 5.91 Å². The van der Waals surface area contributed by atoms with E-state index in [1.807, 2.05) is 24.3 Å².